The highest BCUT2D eigenvalue weighted by molar-refractivity contribution is 5.82. The first-order chi connectivity index (χ1) is 8.77. The van der Waals surface area contributed by atoms with Crippen molar-refractivity contribution in [1.29, 1.82) is 0 Å². The van der Waals surface area contributed by atoms with E-state index < -0.39 is 11.4 Å². The van der Waals surface area contributed by atoms with Crippen LogP contribution in [0.4, 0.5) is 0 Å². The van der Waals surface area contributed by atoms with E-state index in [9.17, 15) is 4.79 Å². The lowest BCUT2D eigenvalue weighted by Gasteiger charge is -2.24. The Balaban J connectivity index is 2.42. The molecule has 0 N–H and O–H groups in total. The summed E-state index contributed by atoms with van der Waals surface area (Å²) in [6, 6.07) is 0. The Kier molecular flexibility index (Phi) is 3.58. The van der Waals surface area contributed by atoms with E-state index in [-0.39, 0.29) is 0 Å². The molecular weight excluding hydrogens is 224 g/mol. The van der Waals surface area contributed by atoms with Crippen LogP contribution >= 0.6 is 0 Å². The van der Waals surface area contributed by atoms with Gasteiger partial charge in [0.05, 0.1) is 5.41 Å². The zero-order valence-electron chi connectivity index (χ0n) is 9.95. The summed E-state index contributed by atoms with van der Waals surface area (Å²) in [6.07, 6.45) is 22.3. The van der Waals surface area contributed by atoms with Gasteiger partial charge in [0.25, 0.3) is 0 Å². The van der Waals surface area contributed by atoms with Crippen molar-refractivity contribution in [3.05, 3.63) is 85.3 Å². The molecular formula is C16H14O2. The van der Waals surface area contributed by atoms with Crippen LogP contribution in [0.3, 0.4) is 0 Å². The summed E-state index contributed by atoms with van der Waals surface area (Å²) in [7, 11) is 0. The molecule has 0 amide bonds. The van der Waals surface area contributed by atoms with Crippen LogP contribution in [0.5, 0.6) is 0 Å². The maximum Gasteiger partial charge on any atom is 0.335 e. The molecule has 2 heteroatoms. The van der Waals surface area contributed by atoms with E-state index in [1.54, 1.807) is 6.08 Å². The van der Waals surface area contributed by atoms with Gasteiger partial charge >= 0.3 is 5.97 Å². The van der Waals surface area contributed by atoms with Gasteiger partial charge in [0.2, 0.25) is 0 Å². The van der Waals surface area contributed by atoms with Gasteiger partial charge in [0.1, 0.15) is 5.76 Å². The molecule has 0 atom stereocenters. The SMILES string of the molecule is C=CC(=O)OC1=CC=CC=CC12C=CC=CC=C2. The number of esters is 1. The van der Waals surface area contributed by atoms with Gasteiger partial charge in [0, 0.05) is 6.08 Å². The molecule has 2 aliphatic rings. The fourth-order valence-corrected chi connectivity index (χ4v) is 1.81. The highest BCUT2D eigenvalue weighted by atomic mass is 16.5. The van der Waals surface area contributed by atoms with Crippen LogP contribution in [0.1, 0.15) is 0 Å². The molecule has 18 heavy (non-hydrogen) atoms. The van der Waals surface area contributed by atoms with Gasteiger partial charge in [-0.15, -0.1) is 0 Å². The molecule has 0 aromatic rings. The topological polar surface area (TPSA) is 26.3 Å². The summed E-state index contributed by atoms with van der Waals surface area (Å²) in [5.41, 5.74) is -0.522. The van der Waals surface area contributed by atoms with E-state index in [1.165, 1.54) is 0 Å². The fourth-order valence-electron chi connectivity index (χ4n) is 1.81. The van der Waals surface area contributed by atoms with Gasteiger partial charge in [-0.05, 0) is 6.08 Å². The molecule has 0 aromatic heterocycles. The lowest BCUT2D eigenvalue weighted by Crippen LogP contribution is -2.19. The van der Waals surface area contributed by atoms with Gasteiger partial charge in [-0.1, -0.05) is 67.3 Å². The highest BCUT2D eigenvalue weighted by Gasteiger charge is 2.29. The van der Waals surface area contributed by atoms with E-state index in [2.05, 4.69) is 6.58 Å². The Morgan fingerprint density at radius 3 is 2.11 bits per heavy atom. The Hall–Kier alpha value is -2.35. The normalized spacial score (nSPS) is 19.2. The van der Waals surface area contributed by atoms with Gasteiger partial charge in [-0.3, -0.25) is 0 Å². The van der Waals surface area contributed by atoms with Crippen LogP contribution in [0.25, 0.3) is 0 Å². The Labute approximate surface area is 107 Å². The molecule has 0 bridgehead atoms. The van der Waals surface area contributed by atoms with Crippen LogP contribution in [0, 0.1) is 5.41 Å². The number of carbonyl (C=O) groups is 1. The minimum Gasteiger partial charge on any atom is -0.426 e. The first-order valence-electron chi connectivity index (χ1n) is 5.71. The second-order valence-electron chi connectivity index (χ2n) is 3.94. The molecule has 0 unspecified atom stereocenters. The molecule has 2 nitrogen and oxygen atoms in total. The van der Waals surface area contributed by atoms with E-state index in [4.69, 9.17) is 4.74 Å². The summed E-state index contributed by atoms with van der Waals surface area (Å²) >= 11 is 0. The molecule has 0 saturated carbocycles. The molecule has 0 fully saturated rings. The van der Waals surface area contributed by atoms with Crippen molar-refractivity contribution in [2.75, 3.05) is 0 Å². The quantitative estimate of drug-likeness (QED) is 0.544. The minimum atomic E-state index is -0.522. The first-order valence-corrected chi connectivity index (χ1v) is 5.71. The van der Waals surface area contributed by atoms with Crippen LogP contribution in [-0.2, 0) is 9.53 Å². The minimum absolute atomic E-state index is 0.455. The zero-order chi connectivity index (χ0) is 12.8. The Morgan fingerprint density at radius 1 is 1.00 bits per heavy atom. The molecule has 1 spiro atoms. The van der Waals surface area contributed by atoms with E-state index in [0.29, 0.717) is 5.76 Å². The monoisotopic (exact) mass is 238 g/mol. The molecule has 2 aliphatic carbocycles. The molecule has 0 heterocycles. The maximum absolute atomic E-state index is 11.4. The number of rotatable bonds is 2. The van der Waals surface area contributed by atoms with Crippen LogP contribution in [0.2, 0.25) is 0 Å². The third-order valence-corrected chi connectivity index (χ3v) is 2.72. The Morgan fingerprint density at radius 2 is 1.56 bits per heavy atom. The average molecular weight is 238 g/mol. The van der Waals surface area contributed by atoms with E-state index >= 15 is 0 Å². The van der Waals surface area contributed by atoms with Crippen molar-refractivity contribution in [3.63, 3.8) is 0 Å². The lowest BCUT2D eigenvalue weighted by atomic mass is 9.84. The summed E-state index contributed by atoms with van der Waals surface area (Å²) in [4.78, 5) is 11.4. The maximum atomic E-state index is 11.4. The molecule has 0 aromatic carbocycles. The second kappa shape index (κ2) is 5.32. The van der Waals surface area contributed by atoms with Crippen molar-refractivity contribution in [2.45, 2.75) is 0 Å². The van der Waals surface area contributed by atoms with Crippen LogP contribution in [-0.4, -0.2) is 5.97 Å². The summed E-state index contributed by atoms with van der Waals surface area (Å²) in [6.45, 7) is 3.42. The van der Waals surface area contributed by atoms with Crippen molar-refractivity contribution in [1.82, 2.24) is 0 Å². The molecule has 0 aliphatic heterocycles. The third-order valence-electron chi connectivity index (χ3n) is 2.72. The molecule has 0 radical (unpaired) electrons. The van der Waals surface area contributed by atoms with Gasteiger partial charge in [-0.25, -0.2) is 4.79 Å². The summed E-state index contributed by atoms with van der Waals surface area (Å²) < 4.78 is 5.34. The Bertz CT molecular complexity index is 496. The van der Waals surface area contributed by atoms with E-state index in [0.717, 1.165) is 6.08 Å². The average Bonchev–Trinajstić information content (AvgIpc) is 2.73. The lowest BCUT2D eigenvalue weighted by molar-refractivity contribution is -0.134. The standard InChI is InChI=1S/C16H14O2/c1-2-15(17)18-14-10-6-5-9-13-16(14)11-7-3-4-8-12-16/h2-13H,1H2. The molecule has 0 saturated heterocycles. The third kappa shape index (κ3) is 2.48. The predicted octanol–water partition coefficient (Wildman–Crippen LogP) is 3.39. The molecule has 2 rings (SSSR count). The largest absolute Gasteiger partial charge is 0.426 e. The van der Waals surface area contributed by atoms with Gasteiger partial charge in [0.15, 0.2) is 0 Å². The second-order valence-corrected chi connectivity index (χ2v) is 3.94. The van der Waals surface area contributed by atoms with Crippen molar-refractivity contribution in [2.24, 2.45) is 5.41 Å². The van der Waals surface area contributed by atoms with Crippen molar-refractivity contribution in [3.8, 4) is 0 Å². The summed E-state index contributed by atoms with van der Waals surface area (Å²) in [5, 5.41) is 0. The number of hydrogen-bond donors (Lipinski definition) is 0. The number of carbonyl (C=O) groups excluding carboxylic acids is 1. The van der Waals surface area contributed by atoms with Crippen molar-refractivity contribution < 1.29 is 9.53 Å². The fraction of sp³-hybridized carbons (Fsp3) is 0.0625. The number of ether oxygens (including phenoxy) is 1. The summed E-state index contributed by atoms with van der Waals surface area (Å²) in [5.74, 6) is 0.108. The number of hydrogen-bond acceptors (Lipinski definition) is 2. The van der Waals surface area contributed by atoms with Crippen LogP contribution < -0.4 is 0 Å². The van der Waals surface area contributed by atoms with Gasteiger partial charge < -0.3 is 4.74 Å². The highest BCUT2D eigenvalue weighted by Crippen LogP contribution is 2.36. The van der Waals surface area contributed by atoms with Crippen molar-refractivity contribution >= 4 is 5.97 Å². The van der Waals surface area contributed by atoms with Gasteiger partial charge in [-0.2, -0.15) is 0 Å². The molecule has 90 valence electrons. The number of allylic oxidation sites excluding steroid dienone is 9. The first kappa shape index (κ1) is 12.1. The predicted molar refractivity (Wildman–Crippen MR) is 72.5 cm³/mol. The van der Waals surface area contributed by atoms with Crippen LogP contribution in [0.15, 0.2) is 85.3 Å². The zero-order valence-corrected chi connectivity index (χ0v) is 9.95. The smallest absolute Gasteiger partial charge is 0.335 e. The van der Waals surface area contributed by atoms with E-state index in [1.807, 2.05) is 60.8 Å².